The quantitative estimate of drug-likeness (QED) is 0.273. The summed E-state index contributed by atoms with van der Waals surface area (Å²) in [6.07, 6.45) is 6.33. The normalized spacial score (nSPS) is 15.8. The molecule has 36 heavy (non-hydrogen) atoms. The standard InChI is InChI=1S/C30H38N4OS/c1-4-5-8-21(17-22-19-32-26-10-7-6-9-24(22)26)28-25-12-11-23(18-27(25)36-29(28)30(31)35)34-15-13-33(14-16-34)20(2)3/h6-7,9-12,18-21,32H,4-5,8,13-17H2,1-3H3,(H2,31,35). The first-order valence-electron chi connectivity index (χ1n) is 13.4. The fourth-order valence-corrected chi connectivity index (χ4v) is 6.93. The van der Waals surface area contributed by atoms with E-state index in [2.05, 4.69) is 84.2 Å². The number of primary amides is 1. The Labute approximate surface area is 218 Å². The number of rotatable bonds is 9. The molecule has 5 nitrogen and oxygen atoms in total. The number of piperazine rings is 1. The molecule has 1 aliphatic heterocycles. The van der Waals surface area contributed by atoms with Crippen molar-refractivity contribution in [2.45, 2.75) is 58.4 Å². The zero-order valence-electron chi connectivity index (χ0n) is 21.7. The summed E-state index contributed by atoms with van der Waals surface area (Å²) in [5, 5.41) is 2.46. The van der Waals surface area contributed by atoms with Crippen molar-refractivity contribution in [1.29, 1.82) is 0 Å². The van der Waals surface area contributed by atoms with E-state index in [9.17, 15) is 4.79 Å². The number of nitrogens with one attached hydrogen (secondary N) is 1. The molecule has 0 spiro atoms. The molecule has 1 unspecified atom stereocenters. The highest BCUT2D eigenvalue weighted by Gasteiger charge is 2.26. The molecule has 1 saturated heterocycles. The highest BCUT2D eigenvalue weighted by atomic mass is 32.1. The van der Waals surface area contributed by atoms with Crippen LogP contribution in [0.5, 0.6) is 0 Å². The minimum Gasteiger partial charge on any atom is -0.369 e. The van der Waals surface area contributed by atoms with Crippen LogP contribution in [0.1, 0.15) is 66.8 Å². The number of hydrogen-bond acceptors (Lipinski definition) is 4. The van der Waals surface area contributed by atoms with Gasteiger partial charge in [-0.05, 0) is 67.3 Å². The third-order valence-electron chi connectivity index (χ3n) is 7.80. The van der Waals surface area contributed by atoms with E-state index in [1.54, 1.807) is 11.3 Å². The lowest BCUT2D eigenvalue weighted by Gasteiger charge is -2.38. The van der Waals surface area contributed by atoms with Crippen molar-refractivity contribution < 1.29 is 4.79 Å². The van der Waals surface area contributed by atoms with Gasteiger partial charge in [0, 0.05) is 59.7 Å². The van der Waals surface area contributed by atoms with Gasteiger partial charge >= 0.3 is 0 Å². The Bertz CT molecular complexity index is 1350. The molecular formula is C30H38N4OS. The summed E-state index contributed by atoms with van der Waals surface area (Å²) in [5.74, 6) is -0.0560. The maximum Gasteiger partial charge on any atom is 0.259 e. The van der Waals surface area contributed by atoms with Gasteiger partial charge in [-0.25, -0.2) is 0 Å². The Morgan fingerprint density at radius 3 is 2.58 bits per heavy atom. The fraction of sp³-hybridized carbons (Fsp3) is 0.433. The van der Waals surface area contributed by atoms with Crippen molar-refractivity contribution in [3.63, 3.8) is 0 Å². The van der Waals surface area contributed by atoms with E-state index >= 15 is 0 Å². The van der Waals surface area contributed by atoms with Gasteiger partial charge in [0.15, 0.2) is 0 Å². The van der Waals surface area contributed by atoms with Crippen LogP contribution in [0, 0.1) is 0 Å². The summed E-state index contributed by atoms with van der Waals surface area (Å²) in [7, 11) is 0. The molecule has 1 aliphatic rings. The number of fused-ring (bicyclic) bond motifs is 2. The zero-order valence-corrected chi connectivity index (χ0v) is 22.5. The average Bonchev–Trinajstić information content (AvgIpc) is 3.48. The van der Waals surface area contributed by atoms with Crippen LogP contribution in [0.2, 0.25) is 0 Å². The number of nitrogens with zero attached hydrogens (tertiary/aromatic N) is 2. The molecule has 6 heteroatoms. The summed E-state index contributed by atoms with van der Waals surface area (Å²) in [6.45, 7) is 11.0. The van der Waals surface area contributed by atoms with Crippen molar-refractivity contribution in [2.24, 2.45) is 5.73 Å². The maximum atomic E-state index is 12.7. The Balaban J connectivity index is 1.50. The van der Waals surface area contributed by atoms with E-state index in [0.29, 0.717) is 6.04 Å². The molecule has 1 amide bonds. The number of carbonyl (C=O) groups excluding carboxylic acids is 1. The third-order valence-corrected chi connectivity index (χ3v) is 8.98. The maximum absolute atomic E-state index is 12.7. The van der Waals surface area contributed by atoms with E-state index in [1.807, 2.05) is 0 Å². The van der Waals surface area contributed by atoms with Crippen LogP contribution in [0.25, 0.3) is 21.0 Å². The number of nitrogens with two attached hydrogens (primary N) is 1. The number of H-pyrrole nitrogens is 1. The van der Waals surface area contributed by atoms with Crippen molar-refractivity contribution >= 4 is 43.9 Å². The highest BCUT2D eigenvalue weighted by Crippen LogP contribution is 2.42. The molecule has 5 rings (SSSR count). The Morgan fingerprint density at radius 2 is 1.86 bits per heavy atom. The number of hydrogen-bond donors (Lipinski definition) is 2. The first-order valence-corrected chi connectivity index (χ1v) is 14.2. The van der Waals surface area contributed by atoms with Crippen LogP contribution in [0.3, 0.4) is 0 Å². The summed E-state index contributed by atoms with van der Waals surface area (Å²) < 4.78 is 1.17. The molecule has 2 aromatic heterocycles. The molecule has 0 aliphatic carbocycles. The van der Waals surface area contributed by atoms with Crippen molar-refractivity contribution in [3.8, 4) is 0 Å². The smallest absolute Gasteiger partial charge is 0.259 e. The number of thiophene rings is 1. The van der Waals surface area contributed by atoms with E-state index in [0.717, 1.165) is 67.8 Å². The van der Waals surface area contributed by atoms with Gasteiger partial charge in [0.2, 0.25) is 0 Å². The van der Waals surface area contributed by atoms with Crippen LogP contribution in [-0.4, -0.2) is 48.0 Å². The predicted octanol–water partition coefficient (Wildman–Crippen LogP) is 6.53. The number of amides is 1. The SMILES string of the molecule is CCCCC(Cc1c[nH]c2ccccc12)c1c(C(N)=O)sc2cc(N3CCN(C(C)C)CC3)ccc12. The van der Waals surface area contributed by atoms with Crippen LogP contribution < -0.4 is 10.6 Å². The third kappa shape index (κ3) is 4.89. The molecule has 0 saturated carbocycles. The van der Waals surface area contributed by atoms with Crippen LogP contribution in [0.15, 0.2) is 48.7 Å². The highest BCUT2D eigenvalue weighted by molar-refractivity contribution is 7.21. The topological polar surface area (TPSA) is 65.4 Å². The van der Waals surface area contributed by atoms with Gasteiger partial charge in [0.05, 0.1) is 4.88 Å². The van der Waals surface area contributed by atoms with Gasteiger partial charge in [-0.3, -0.25) is 9.69 Å². The summed E-state index contributed by atoms with van der Waals surface area (Å²) >= 11 is 1.57. The number of para-hydroxylation sites is 1. The molecule has 1 atom stereocenters. The molecule has 4 aromatic rings. The molecule has 2 aromatic carbocycles. The Kier molecular flexibility index (Phi) is 7.35. The lowest BCUT2D eigenvalue weighted by Crippen LogP contribution is -2.48. The second-order valence-corrected chi connectivity index (χ2v) is 11.5. The van der Waals surface area contributed by atoms with Gasteiger partial charge in [-0.15, -0.1) is 11.3 Å². The summed E-state index contributed by atoms with van der Waals surface area (Å²) in [5.41, 5.74) is 10.8. The second kappa shape index (κ2) is 10.7. The molecule has 3 N–H and O–H groups in total. The van der Waals surface area contributed by atoms with Gasteiger partial charge in [-0.1, -0.05) is 44.0 Å². The van der Waals surface area contributed by atoms with E-state index < -0.39 is 0 Å². The Hall–Kier alpha value is -2.83. The van der Waals surface area contributed by atoms with Crippen molar-refractivity contribution in [1.82, 2.24) is 9.88 Å². The second-order valence-electron chi connectivity index (χ2n) is 10.4. The minimum atomic E-state index is -0.307. The lowest BCUT2D eigenvalue weighted by molar-refractivity contribution is 0.100. The van der Waals surface area contributed by atoms with Gasteiger partial charge in [-0.2, -0.15) is 0 Å². The van der Waals surface area contributed by atoms with E-state index in [-0.39, 0.29) is 11.8 Å². The first kappa shape index (κ1) is 24.8. The van der Waals surface area contributed by atoms with Gasteiger partial charge in [0.25, 0.3) is 5.91 Å². The molecule has 1 fully saturated rings. The summed E-state index contributed by atoms with van der Waals surface area (Å²) in [4.78, 5) is 21.8. The number of benzene rings is 2. The van der Waals surface area contributed by atoms with Gasteiger partial charge < -0.3 is 15.6 Å². The summed E-state index contributed by atoms with van der Waals surface area (Å²) in [6, 6.07) is 15.8. The lowest BCUT2D eigenvalue weighted by atomic mass is 9.86. The molecule has 0 radical (unpaired) electrons. The first-order chi connectivity index (χ1) is 17.5. The van der Waals surface area contributed by atoms with Crippen LogP contribution >= 0.6 is 11.3 Å². The average molecular weight is 503 g/mol. The number of anilines is 1. The Morgan fingerprint density at radius 1 is 1.08 bits per heavy atom. The fourth-order valence-electron chi connectivity index (χ4n) is 5.75. The van der Waals surface area contributed by atoms with E-state index in [4.69, 9.17) is 5.73 Å². The zero-order chi connectivity index (χ0) is 25.2. The molecule has 3 heterocycles. The number of unbranched alkanes of at least 4 members (excludes halogenated alkanes) is 1. The van der Waals surface area contributed by atoms with E-state index in [1.165, 1.54) is 26.7 Å². The number of aromatic amines is 1. The number of carbonyl (C=O) groups is 1. The molecule has 0 bridgehead atoms. The minimum absolute atomic E-state index is 0.251. The molecular weight excluding hydrogens is 464 g/mol. The van der Waals surface area contributed by atoms with Crippen LogP contribution in [-0.2, 0) is 6.42 Å². The van der Waals surface area contributed by atoms with Crippen molar-refractivity contribution in [2.75, 3.05) is 31.1 Å². The molecule has 190 valence electrons. The monoisotopic (exact) mass is 502 g/mol. The van der Waals surface area contributed by atoms with Crippen molar-refractivity contribution in [3.05, 3.63) is 64.7 Å². The number of aromatic nitrogens is 1. The van der Waals surface area contributed by atoms with Crippen LogP contribution in [0.4, 0.5) is 5.69 Å². The predicted molar refractivity (Wildman–Crippen MR) is 154 cm³/mol. The van der Waals surface area contributed by atoms with Gasteiger partial charge in [0.1, 0.15) is 0 Å². The largest absolute Gasteiger partial charge is 0.369 e.